The van der Waals surface area contributed by atoms with Crippen molar-refractivity contribution in [3.8, 4) is 0 Å². The summed E-state index contributed by atoms with van der Waals surface area (Å²) in [5, 5.41) is 4.20. The number of halogens is 2. The molecule has 1 aliphatic rings. The molecule has 0 bridgehead atoms. The van der Waals surface area contributed by atoms with Crippen molar-refractivity contribution >= 4 is 33.2 Å². The SMILES string of the molecule is Clc1ccc(Br)c(NCC2CCOCC2)c1. The molecule has 0 spiro atoms. The first kappa shape index (κ1) is 12.2. The van der Waals surface area contributed by atoms with Gasteiger partial charge in [-0.25, -0.2) is 0 Å². The van der Waals surface area contributed by atoms with Crippen molar-refractivity contribution in [2.45, 2.75) is 12.8 Å². The molecule has 0 aromatic heterocycles. The highest BCUT2D eigenvalue weighted by Gasteiger charge is 2.13. The van der Waals surface area contributed by atoms with Gasteiger partial charge in [0.25, 0.3) is 0 Å². The zero-order chi connectivity index (χ0) is 11.4. The van der Waals surface area contributed by atoms with Crippen molar-refractivity contribution in [1.82, 2.24) is 0 Å². The van der Waals surface area contributed by atoms with Crippen molar-refractivity contribution in [2.75, 3.05) is 25.1 Å². The van der Waals surface area contributed by atoms with Crippen LogP contribution in [0.1, 0.15) is 12.8 Å². The molecule has 0 saturated carbocycles. The highest BCUT2D eigenvalue weighted by Crippen LogP contribution is 2.26. The Hall–Kier alpha value is -0.250. The minimum absolute atomic E-state index is 0.708. The summed E-state index contributed by atoms with van der Waals surface area (Å²) in [7, 11) is 0. The van der Waals surface area contributed by atoms with E-state index >= 15 is 0 Å². The molecule has 2 rings (SSSR count). The third-order valence-corrected chi connectivity index (χ3v) is 3.78. The van der Waals surface area contributed by atoms with Gasteiger partial charge in [0.15, 0.2) is 0 Å². The van der Waals surface area contributed by atoms with E-state index in [0.29, 0.717) is 5.92 Å². The van der Waals surface area contributed by atoms with Crippen LogP contribution in [0, 0.1) is 5.92 Å². The predicted molar refractivity (Wildman–Crippen MR) is 71.2 cm³/mol. The summed E-state index contributed by atoms with van der Waals surface area (Å²) in [5.41, 5.74) is 1.07. The van der Waals surface area contributed by atoms with Gasteiger partial charge in [-0.2, -0.15) is 0 Å². The summed E-state index contributed by atoms with van der Waals surface area (Å²) in [6, 6.07) is 5.80. The van der Waals surface area contributed by atoms with Gasteiger partial charge in [-0.3, -0.25) is 0 Å². The van der Waals surface area contributed by atoms with Crippen LogP contribution in [0.25, 0.3) is 0 Å². The Bertz CT molecular complexity index is 353. The minimum atomic E-state index is 0.708. The fraction of sp³-hybridized carbons (Fsp3) is 0.500. The smallest absolute Gasteiger partial charge is 0.0499 e. The lowest BCUT2D eigenvalue weighted by Gasteiger charge is -2.23. The van der Waals surface area contributed by atoms with E-state index in [0.717, 1.165) is 47.8 Å². The van der Waals surface area contributed by atoms with E-state index in [1.165, 1.54) is 0 Å². The second-order valence-electron chi connectivity index (χ2n) is 4.06. The molecular weight excluding hydrogens is 289 g/mol. The number of anilines is 1. The molecule has 0 aliphatic carbocycles. The Morgan fingerprint density at radius 3 is 2.88 bits per heavy atom. The number of benzene rings is 1. The molecule has 88 valence electrons. The second-order valence-corrected chi connectivity index (χ2v) is 5.35. The van der Waals surface area contributed by atoms with E-state index in [1.54, 1.807) is 0 Å². The maximum atomic E-state index is 5.96. The molecule has 1 heterocycles. The van der Waals surface area contributed by atoms with Crippen LogP contribution in [-0.2, 0) is 4.74 Å². The van der Waals surface area contributed by atoms with Crippen LogP contribution in [0.2, 0.25) is 5.02 Å². The number of hydrogen-bond donors (Lipinski definition) is 1. The number of ether oxygens (including phenoxy) is 1. The van der Waals surface area contributed by atoms with Crippen LogP contribution < -0.4 is 5.32 Å². The predicted octanol–water partition coefficient (Wildman–Crippen LogP) is 3.94. The third-order valence-electron chi connectivity index (χ3n) is 2.85. The summed E-state index contributed by atoms with van der Waals surface area (Å²) in [6.07, 6.45) is 2.29. The molecule has 1 aliphatic heterocycles. The highest BCUT2D eigenvalue weighted by molar-refractivity contribution is 9.10. The molecule has 0 atom stereocenters. The average Bonchev–Trinajstić information content (AvgIpc) is 2.32. The van der Waals surface area contributed by atoms with E-state index < -0.39 is 0 Å². The van der Waals surface area contributed by atoms with Gasteiger partial charge < -0.3 is 10.1 Å². The molecule has 16 heavy (non-hydrogen) atoms. The van der Waals surface area contributed by atoms with Crippen LogP contribution in [0.3, 0.4) is 0 Å². The van der Waals surface area contributed by atoms with Gasteiger partial charge in [-0.05, 0) is 52.9 Å². The molecule has 1 saturated heterocycles. The van der Waals surface area contributed by atoms with E-state index in [1.807, 2.05) is 18.2 Å². The van der Waals surface area contributed by atoms with Crippen LogP contribution >= 0.6 is 27.5 Å². The summed E-state index contributed by atoms with van der Waals surface area (Å²) in [5.74, 6) is 0.708. The van der Waals surface area contributed by atoms with Crippen molar-refractivity contribution < 1.29 is 4.74 Å². The van der Waals surface area contributed by atoms with Gasteiger partial charge in [0.1, 0.15) is 0 Å². The lowest BCUT2D eigenvalue weighted by molar-refractivity contribution is 0.0699. The van der Waals surface area contributed by atoms with Gasteiger partial charge in [-0.15, -0.1) is 0 Å². The summed E-state index contributed by atoms with van der Waals surface area (Å²) >= 11 is 9.47. The Balaban J connectivity index is 1.90. The largest absolute Gasteiger partial charge is 0.384 e. The average molecular weight is 305 g/mol. The fourth-order valence-electron chi connectivity index (χ4n) is 1.84. The fourth-order valence-corrected chi connectivity index (χ4v) is 2.40. The molecule has 4 heteroatoms. The van der Waals surface area contributed by atoms with Crippen LogP contribution in [0.4, 0.5) is 5.69 Å². The van der Waals surface area contributed by atoms with Gasteiger partial charge in [0.2, 0.25) is 0 Å². The standard InChI is InChI=1S/C12H15BrClNO/c13-11-2-1-10(14)7-12(11)15-8-9-3-5-16-6-4-9/h1-2,7,9,15H,3-6,8H2. The molecule has 1 aromatic rings. The normalized spacial score (nSPS) is 17.4. The number of rotatable bonds is 3. The maximum Gasteiger partial charge on any atom is 0.0499 e. The first-order chi connectivity index (χ1) is 7.75. The van der Waals surface area contributed by atoms with Gasteiger partial charge >= 0.3 is 0 Å². The molecule has 1 N–H and O–H groups in total. The van der Waals surface area contributed by atoms with Crippen LogP contribution in [-0.4, -0.2) is 19.8 Å². The molecule has 0 unspecified atom stereocenters. The van der Waals surface area contributed by atoms with Crippen molar-refractivity contribution in [1.29, 1.82) is 0 Å². The molecule has 0 radical (unpaired) electrons. The summed E-state index contributed by atoms with van der Waals surface area (Å²) < 4.78 is 6.40. The summed E-state index contributed by atoms with van der Waals surface area (Å²) in [6.45, 7) is 2.77. The quantitative estimate of drug-likeness (QED) is 0.913. The monoisotopic (exact) mass is 303 g/mol. The topological polar surface area (TPSA) is 21.3 Å². The maximum absolute atomic E-state index is 5.96. The third kappa shape index (κ3) is 3.37. The van der Waals surface area contributed by atoms with E-state index in [4.69, 9.17) is 16.3 Å². The summed E-state index contributed by atoms with van der Waals surface area (Å²) in [4.78, 5) is 0. The number of hydrogen-bond acceptors (Lipinski definition) is 2. The van der Waals surface area contributed by atoms with Gasteiger partial charge in [-0.1, -0.05) is 11.6 Å². The van der Waals surface area contributed by atoms with Crippen LogP contribution in [0.15, 0.2) is 22.7 Å². The Morgan fingerprint density at radius 1 is 1.38 bits per heavy atom. The number of nitrogens with one attached hydrogen (secondary N) is 1. The molecule has 1 aromatic carbocycles. The lowest BCUT2D eigenvalue weighted by atomic mass is 10.0. The highest BCUT2D eigenvalue weighted by atomic mass is 79.9. The van der Waals surface area contributed by atoms with E-state index in [2.05, 4.69) is 21.2 Å². The Labute approximate surface area is 109 Å². The van der Waals surface area contributed by atoms with Gasteiger partial charge in [0, 0.05) is 34.9 Å². The van der Waals surface area contributed by atoms with E-state index in [9.17, 15) is 0 Å². The van der Waals surface area contributed by atoms with Gasteiger partial charge in [0.05, 0.1) is 0 Å². The Morgan fingerprint density at radius 2 is 2.12 bits per heavy atom. The van der Waals surface area contributed by atoms with E-state index in [-0.39, 0.29) is 0 Å². The molecular formula is C12H15BrClNO. The molecule has 0 amide bonds. The lowest BCUT2D eigenvalue weighted by Crippen LogP contribution is -2.22. The Kier molecular flexibility index (Phi) is 4.50. The van der Waals surface area contributed by atoms with Crippen LogP contribution in [0.5, 0.6) is 0 Å². The van der Waals surface area contributed by atoms with Crippen molar-refractivity contribution in [3.05, 3.63) is 27.7 Å². The van der Waals surface area contributed by atoms with Crippen molar-refractivity contribution in [2.24, 2.45) is 5.92 Å². The second kappa shape index (κ2) is 5.89. The van der Waals surface area contributed by atoms with Crippen molar-refractivity contribution in [3.63, 3.8) is 0 Å². The zero-order valence-corrected chi connectivity index (χ0v) is 11.4. The minimum Gasteiger partial charge on any atom is -0.384 e. The first-order valence-electron chi connectivity index (χ1n) is 5.52. The first-order valence-corrected chi connectivity index (χ1v) is 6.69. The molecule has 2 nitrogen and oxygen atoms in total. The zero-order valence-electron chi connectivity index (χ0n) is 9.01. The molecule has 1 fully saturated rings.